The number of para-hydroxylation sites is 1. The lowest BCUT2D eigenvalue weighted by Gasteiger charge is -2.20. The largest absolute Gasteiger partial charge is 0.480 e. The number of benzene rings is 2. The van der Waals surface area contributed by atoms with E-state index in [2.05, 4.69) is 20.7 Å². The lowest BCUT2D eigenvalue weighted by molar-refractivity contribution is -0.123. The Morgan fingerprint density at radius 2 is 1.76 bits per heavy atom. The van der Waals surface area contributed by atoms with Crippen molar-refractivity contribution in [3.8, 4) is 5.75 Å². The van der Waals surface area contributed by atoms with Crippen molar-refractivity contribution >= 4 is 23.5 Å². The molecule has 198 valence electrons. The van der Waals surface area contributed by atoms with Crippen LogP contribution in [0.2, 0.25) is 0 Å². The van der Waals surface area contributed by atoms with Crippen molar-refractivity contribution < 1.29 is 32.6 Å². The first kappa shape index (κ1) is 29.1. The Morgan fingerprint density at radius 1 is 1.08 bits per heavy atom. The molecule has 2 N–H and O–H groups in total. The van der Waals surface area contributed by atoms with E-state index in [0.29, 0.717) is 12.8 Å². The van der Waals surface area contributed by atoms with Crippen LogP contribution in [0.4, 0.5) is 19.3 Å². The van der Waals surface area contributed by atoms with E-state index in [4.69, 9.17) is 15.0 Å². The van der Waals surface area contributed by atoms with Gasteiger partial charge in [0.1, 0.15) is 12.2 Å². The maximum Gasteiger partial charge on any atom is 0.407 e. The standard InChI is InChI=1S/C25H29F2N5O5/c1-25(2,3)37-24(35)29-13-5-4-12-20(21(33)15-36-22-18(26)10-7-11-19(22)27)30-23(34)16-8-6-9-17(14-16)31-32-28/h6-11,14,20H,4-5,12-13,15H2,1-3H3,(H,29,35)(H,30,34). The smallest absolute Gasteiger partial charge is 0.407 e. The van der Waals surface area contributed by atoms with E-state index in [1.54, 1.807) is 20.8 Å². The van der Waals surface area contributed by atoms with Gasteiger partial charge in [-0.2, -0.15) is 0 Å². The van der Waals surface area contributed by atoms with E-state index in [1.807, 2.05) is 0 Å². The normalized spacial score (nSPS) is 11.6. The Balaban J connectivity index is 2.03. The average Bonchev–Trinajstić information content (AvgIpc) is 2.81. The number of carbonyl (C=O) groups excluding carboxylic acids is 3. The molecule has 2 aromatic carbocycles. The van der Waals surface area contributed by atoms with Gasteiger partial charge in [0, 0.05) is 22.7 Å². The van der Waals surface area contributed by atoms with Gasteiger partial charge in [0.05, 0.1) is 6.04 Å². The fourth-order valence-corrected chi connectivity index (χ4v) is 3.16. The van der Waals surface area contributed by atoms with Gasteiger partial charge in [-0.25, -0.2) is 13.6 Å². The number of amides is 2. The van der Waals surface area contributed by atoms with Crippen molar-refractivity contribution in [2.24, 2.45) is 5.11 Å². The zero-order valence-corrected chi connectivity index (χ0v) is 20.8. The lowest BCUT2D eigenvalue weighted by atomic mass is 10.0. The number of rotatable bonds is 12. The molecule has 2 aromatic rings. The van der Waals surface area contributed by atoms with Gasteiger partial charge in [-0.15, -0.1) is 0 Å². The second-order valence-corrected chi connectivity index (χ2v) is 9.00. The number of nitrogens with one attached hydrogen (secondary N) is 2. The number of unbranched alkanes of at least 4 members (excludes halogenated alkanes) is 1. The van der Waals surface area contributed by atoms with Crippen LogP contribution in [0.25, 0.3) is 10.4 Å². The van der Waals surface area contributed by atoms with E-state index in [9.17, 15) is 23.2 Å². The highest BCUT2D eigenvalue weighted by molar-refractivity contribution is 5.98. The van der Waals surface area contributed by atoms with E-state index in [-0.39, 0.29) is 24.2 Å². The number of nitrogens with zero attached hydrogens (tertiary/aromatic N) is 3. The zero-order chi connectivity index (χ0) is 27.4. The molecule has 37 heavy (non-hydrogen) atoms. The van der Waals surface area contributed by atoms with Crippen LogP contribution >= 0.6 is 0 Å². The molecule has 0 aliphatic carbocycles. The summed E-state index contributed by atoms with van der Waals surface area (Å²) < 4.78 is 38.0. The minimum absolute atomic E-state index is 0.148. The molecule has 0 bridgehead atoms. The number of ether oxygens (including phenoxy) is 2. The highest BCUT2D eigenvalue weighted by Crippen LogP contribution is 2.21. The summed E-state index contributed by atoms with van der Waals surface area (Å²) in [6.07, 6.45) is 0.473. The first-order valence-electron chi connectivity index (χ1n) is 11.5. The molecule has 2 amide bonds. The van der Waals surface area contributed by atoms with Gasteiger partial charge in [0.15, 0.2) is 23.2 Å². The number of Topliss-reactive ketones (excluding diaryl/α,β-unsaturated/α-hetero) is 1. The van der Waals surface area contributed by atoms with E-state index >= 15 is 0 Å². The van der Waals surface area contributed by atoms with E-state index in [1.165, 1.54) is 24.3 Å². The molecular formula is C25H29F2N5O5. The minimum atomic E-state index is -1.05. The molecule has 0 spiro atoms. The number of hydrogen-bond donors (Lipinski definition) is 2. The number of alkyl carbamates (subject to hydrolysis) is 1. The summed E-state index contributed by atoms with van der Waals surface area (Å²) in [5, 5.41) is 8.65. The van der Waals surface area contributed by atoms with Crippen molar-refractivity contribution in [3.63, 3.8) is 0 Å². The van der Waals surface area contributed by atoms with Gasteiger partial charge in [-0.1, -0.05) is 23.3 Å². The Morgan fingerprint density at radius 3 is 2.41 bits per heavy atom. The van der Waals surface area contributed by atoms with Crippen molar-refractivity contribution in [2.45, 2.75) is 51.7 Å². The van der Waals surface area contributed by atoms with E-state index < -0.39 is 53.4 Å². The maximum atomic E-state index is 13.9. The topological polar surface area (TPSA) is 142 Å². The molecule has 12 heteroatoms. The molecule has 0 saturated heterocycles. The predicted molar refractivity (Wildman–Crippen MR) is 131 cm³/mol. The van der Waals surface area contributed by atoms with E-state index in [0.717, 1.165) is 18.2 Å². The van der Waals surface area contributed by atoms with Crippen LogP contribution in [0, 0.1) is 11.6 Å². The van der Waals surface area contributed by atoms with Crippen LogP contribution in [-0.4, -0.2) is 42.6 Å². The Hall–Kier alpha value is -4.18. The number of ketones is 1. The number of hydrogen-bond acceptors (Lipinski definition) is 6. The number of azide groups is 1. The molecule has 0 aromatic heterocycles. The SMILES string of the molecule is CC(C)(C)OC(=O)NCCCCC(NC(=O)c1cccc(N=[N+]=[N-])c1)C(=O)COc1c(F)cccc1F. The third-order valence-electron chi connectivity index (χ3n) is 4.83. The molecular weight excluding hydrogens is 488 g/mol. The van der Waals surface area contributed by atoms with Crippen LogP contribution in [-0.2, 0) is 9.53 Å². The summed E-state index contributed by atoms with van der Waals surface area (Å²) in [5.41, 5.74) is 8.32. The molecule has 1 atom stereocenters. The van der Waals surface area contributed by atoms with Crippen molar-refractivity contribution in [1.82, 2.24) is 10.6 Å². The van der Waals surface area contributed by atoms with Gasteiger partial charge in [-0.05, 0) is 69.8 Å². The first-order chi connectivity index (χ1) is 17.5. The quantitative estimate of drug-likeness (QED) is 0.169. The molecule has 0 radical (unpaired) electrons. The maximum absolute atomic E-state index is 13.9. The molecule has 0 aliphatic heterocycles. The monoisotopic (exact) mass is 517 g/mol. The second kappa shape index (κ2) is 13.8. The Bertz CT molecular complexity index is 1140. The molecule has 1 unspecified atom stereocenters. The van der Waals surface area contributed by atoms with Crippen LogP contribution in [0.1, 0.15) is 50.4 Å². The first-order valence-corrected chi connectivity index (χ1v) is 11.5. The third-order valence-corrected chi connectivity index (χ3v) is 4.83. The van der Waals surface area contributed by atoms with Gasteiger partial charge >= 0.3 is 6.09 Å². The van der Waals surface area contributed by atoms with Crippen LogP contribution in [0.15, 0.2) is 47.6 Å². The summed E-state index contributed by atoms with van der Waals surface area (Å²) in [6.45, 7) is 4.81. The number of carbonyl (C=O) groups is 3. The highest BCUT2D eigenvalue weighted by Gasteiger charge is 2.23. The lowest BCUT2D eigenvalue weighted by Crippen LogP contribution is -2.43. The van der Waals surface area contributed by atoms with Crippen molar-refractivity contribution in [3.05, 3.63) is 70.1 Å². The Labute approximate surface area is 213 Å². The molecule has 0 aliphatic rings. The summed E-state index contributed by atoms with van der Waals surface area (Å²) >= 11 is 0. The third kappa shape index (κ3) is 10.1. The summed E-state index contributed by atoms with van der Waals surface area (Å²) in [6, 6.07) is 7.96. The summed E-state index contributed by atoms with van der Waals surface area (Å²) in [7, 11) is 0. The van der Waals surface area contributed by atoms with Gasteiger partial charge in [-0.3, -0.25) is 9.59 Å². The fraction of sp³-hybridized carbons (Fsp3) is 0.400. The molecule has 2 rings (SSSR count). The van der Waals surface area contributed by atoms with Crippen molar-refractivity contribution in [2.75, 3.05) is 13.2 Å². The van der Waals surface area contributed by atoms with Crippen LogP contribution in [0.5, 0.6) is 5.75 Å². The van der Waals surface area contributed by atoms with Crippen molar-refractivity contribution in [1.29, 1.82) is 0 Å². The Kier molecular flexibility index (Phi) is 10.8. The molecule has 10 nitrogen and oxygen atoms in total. The highest BCUT2D eigenvalue weighted by atomic mass is 19.1. The predicted octanol–water partition coefficient (Wildman–Crippen LogP) is 5.35. The van der Waals surface area contributed by atoms with Gasteiger partial charge in [0.25, 0.3) is 5.91 Å². The summed E-state index contributed by atoms with van der Waals surface area (Å²) in [4.78, 5) is 40.1. The number of halogens is 2. The zero-order valence-electron chi connectivity index (χ0n) is 20.8. The molecule has 0 saturated carbocycles. The van der Waals surface area contributed by atoms with Crippen LogP contribution < -0.4 is 15.4 Å². The molecule has 0 fully saturated rings. The fourth-order valence-electron chi connectivity index (χ4n) is 3.16. The second-order valence-electron chi connectivity index (χ2n) is 9.00. The van der Waals surface area contributed by atoms with Gasteiger partial charge in [0.2, 0.25) is 0 Å². The average molecular weight is 518 g/mol. The van der Waals surface area contributed by atoms with Gasteiger partial charge < -0.3 is 20.1 Å². The van der Waals surface area contributed by atoms with Crippen LogP contribution in [0.3, 0.4) is 0 Å². The minimum Gasteiger partial charge on any atom is -0.480 e. The summed E-state index contributed by atoms with van der Waals surface area (Å²) in [5.74, 6) is -3.84. The molecule has 0 heterocycles.